The van der Waals surface area contributed by atoms with Gasteiger partial charge in [0.1, 0.15) is 0 Å². The van der Waals surface area contributed by atoms with E-state index in [4.69, 9.17) is 0 Å². The predicted molar refractivity (Wildman–Crippen MR) is 75.8 cm³/mol. The van der Waals surface area contributed by atoms with Crippen LogP contribution in [-0.2, 0) is 4.79 Å². The number of likely N-dealkylation sites (tertiary alicyclic amines) is 1. The average Bonchev–Trinajstić information content (AvgIpc) is 2.39. The van der Waals surface area contributed by atoms with Gasteiger partial charge in [0.15, 0.2) is 0 Å². The molecule has 3 rings (SSSR count). The van der Waals surface area contributed by atoms with E-state index < -0.39 is 0 Å². The van der Waals surface area contributed by atoms with Crippen LogP contribution < -0.4 is 0 Å². The van der Waals surface area contributed by atoms with Crippen LogP contribution >= 0.6 is 0 Å². The molecule has 0 aromatic heterocycles. The van der Waals surface area contributed by atoms with Crippen LogP contribution in [0.2, 0.25) is 0 Å². The van der Waals surface area contributed by atoms with E-state index in [1.165, 1.54) is 19.3 Å². The maximum atomic E-state index is 12.3. The van der Waals surface area contributed by atoms with Gasteiger partial charge in [0.05, 0.1) is 6.54 Å². The minimum atomic E-state index is 0.343. The Kier molecular flexibility index (Phi) is 4.38. The van der Waals surface area contributed by atoms with Gasteiger partial charge in [-0.05, 0) is 45.2 Å². The lowest BCUT2D eigenvalue weighted by atomic mass is 9.91. The van der Waals surface area contributed by atoms with Gasteiger partial charge in [-0.25, -0.2) is 0 Å². The third-order valence-corrected chi connectivity index (χ3v) is 4.92. The zero-order chi connectivity index (χ0) is 13.1. The number of hydrogen-bond donors (Lipinski definition) is 0. The Morgan fingerprint density at radius 2 is 1.68 bits per heavy atom. The van der Waals surface area contributed by atoms with Crippen LogP contribution in [0.5, 0.6) is 0 Å². The van der Waals surface area contributed by atoms with Gasteiger partial charge in [0.25, 0.3) is 0 Å². The molecule has 0 bridgehead atoms. The van der Waals surface area contributed by atoms with E-state index in [0.717, 1.165) is 58.2 Å². The third kappa shape index (κ3) is 3.29. The smallest absolute Gasteiger partial charge is 0.236 e. The molecule has 1 amide bonds. The van der Waals surface area contributed by atoms with Gasteiger partial charge in [0.2, 0.25) is 5.91 Å². The number of piperazine rings is 1. The van der Waals surface area contributed by atoms with Gasteiger partial charge < -0.3 is 4.90 Å². The summed E-state index contributed by atoms with van der Waals surface area (Å²) in [4.78, 5) is 19.3. The first-order chi connectivity index (χ1) is 9.33. The highest BCUT2D eigenvalue weighted by molar-refractivity contribution is 5.78. The molecule has 1 aliphatic carbocycles. The molecular weight excluding hydrogens is 238 g/mol. The largest absolute Gasteiger partial charge is 0.339 e. The molecule has 0 atom stereocenters. The summed E-state index contributed by atoms with van der Waals surface area (Å²) in [6.45, 7) is 6.82. The van der Waals surface area contributed by atoms with E-state index in [9.17, 15) is 4.79 Å². The Morgan fingerprint density at radius 3 is 2.26 bits per heavy atom. The molecule has 1 saturated carbocycles. The molecule has 3 aliphatic rings. The summed E-state index contributed by atoms with van der Waals surface area (Å²) in [5.41, 5.74) is 0. The molecule has 4 heteroatoms. The predicted octanol–water partition coefficient (Wildman–Crippen LogP) is 0.983. The quantitative estimate of drug-likeness (QED) is 0.760. The van der Waals surface area contributed by atoms with Crippen molar-refractivity contribution < 1.29 is 4.79 Å². The van der Waals surface area contributed by atoms with Crippen molar-refractivity contribution in [3.8, 4) is 0 Å². The number of piperidine rings is 1. The highest BCUT2D eigenvalue weighted by Crippen LogP contribution is 2.25. The lowest BCUT2D eigenvalue weighted by Gasteiger charge is -2.43. The van der Waals surface area contributed by atoms with E-state index in [0.29, 0.717) is 12.5 Å². The van der Waals surface area contributed by atoms with Crippen molar-refractivity contribution in [2.75, 3.05) is 45.8 Å². The Labute approximate surface area is 116 Å². The number of nitrogens with zero attached hydrogens (tertiary/aromatic N) is 3. The molecule has 0 aromatic carbocycles. The molecule has 1 radical (unpaired) electrons. The molecule has 0 unspecified atom stereocenters. The molecule has 3 fully saturated rings. The second kappa shape index (κ2) is 6.23. The monoisotopic (exact) mass is 264 g/mol. The zero-order valence-corrected chi connectivity index (χ0v) is 11.9. The molecule has 107 valence electrons. The van der Waals surface area contributed by atoms with Gasteiger partial charge in [-0.3, -0.25) is 14.6 Å². The average molecular weight is 264 g/mol. The SMILES string of the molecule is O=C(CN1CC[CH]CC1)N1CCN(C2CCC2)CC1. The van der Waals surface area contributed by atoms with E-state index in [1.807, 2.05) is 0 Å². The van der Waals surface area contributed by atoms with Crippen molar-refractivity contribution in [1.82, 2.24) is 14.7 Å². The summed E-state index contributed by atoms with van der Waals surface area (Å²) in [6, 6.07) is 0.829. The summed E-state index contributed by atoms with van der Waals surface area (Å²) in [7, 11) is 0. The van der Waals surface area contributed by atoms with E-state index in [2.05, 4.69) is 21.1 Å². The number of carbonyl (C=O) groups excluding carboxylic acids is 1. The number of carbonyl (C=O) groups is 1. The molecule has 2 saturated heterocycles. The zero-order valence-electron chi connectivity index (χ0n) is 11.9. The highest BCUT2D eigenvalue weighted by Gasteiger charge is 2.29. The number of rotatable bonds is 3. The summed E-state index contributed by atoms with van der Waals surface area (Å²) < 4.78 is 0. The van der Waals surface area contributed by atoms with Crippen molar-refractivity contribution in [2.24, 2.45) is 0 Å². The van der Waals surface area contributed by atoms with Crippen molar-refractivity contribution in [3.05, 3.63) is 6.42 Å². The molecule has 0 N–H and O–H groups in total. The van der Waals surface area contributed by atoms with Crippen LogP contribution in [0.15, 0.2) is 0 Å². The lowest BCUT2D eigenvalue weighted by Crippen LogP contribution is -2.55. The molecule has 4 nitrogen and oxygen atoms in total. The second-order valence-electron chi connectivity index (χ2n) is 6.14. The van der Waals surface area contributed by atoms with E-state index >= 15 is 0 Å². The second-order valence-corrected chi connectivity index (χ2v) is 6.14. The Morgan fingerprint density at radius 1 is 1.00 bits per heavy atom. The van der Waals surface area contributed by atoms with Crippen molar-refractivity contribution >= 4 is 5.91 Å². The number of amides is 1. The lowest BCUT2D eigenvalue weighted by molar-refractivity contribution is -0.134. The minimum Gasteiger partial charge on any atom is -0.339 e. The van der Waals surface area contributed by atoms with Crippen LogP contribution in [0.4, 0.5) is 0 Å². The van der Waals surface area contributed by atoms with E-state index in [-0.39, 0.29) is 0 Å². The topological polar surface area (TPSA) is 26.8 Å². The standard InChI is InChI=1S/C15H26N3O/c19-15(13-16-7-2-1-3-8-16)18-11-9-17(10-12-18)14-5-4-6-14/h1,14H,2-13H2. The van der Waals surface area contributed by atoms with Crippen LogP contribution in [0, 0.1) is 6.42 Å². The third-order valence-electron chi connectivity index (χ3n) is 4.92. The summed E-state index contributed by atoms with van der Waals surface area (Å²) in [5.74, 6) is 0.343. The molecule has 2 aliphatic heterocycles. The van der Waals surface area contributed by atoms with Crippen LogP contribution in [-0.4, -0.2) is 72.5 Å². The van der Waals surface area contributed by atoms with Crippen molar-refractivity contribution in [3.63, 3.8) is 0 Å². The normalized spacial score (nSPS) is 27.3. The summed E-state index contributed by atoms with van der Waals surface area (Å²) in [6.07, 6.45) is 8.76. The maximum absolute atomic E-state index is 12.3. The fraction of sp³-hybridized carbons (Fsp3) is 0.867. The molecule has 2 heterocycles. The summed E-state index contributed by atoms with van der Waals surface area (Å²) >= 11 is 0. The minimum absolute atomic E-state index is 0.343. The van der Waals surface area contributed by atoms with Gasteiger partial charge in [-0.2, -0.15) is 0 Å². The van der Waals surface area contributed by atoms with Crippen LogP contribution in [0.3, 0.4) is 0 Å². The fourth-order valence-corrected chi connectivity index (χ4v) is 3.34. The summed E-state index contributed by atoms with van der Waals surface area (Å²) in [5, 5.41) is 0. The molecule has 0 spiro atoms. The Bertz CT molecular complexity index is 303. The first-order valence-electron chi connectivity index (χ1n) is 7.89. The van der Waals surface area contributed by atoms with Crippen LogP contribution in [0.1, 0.15) is 32.1 Å². The molecule has 19 heavy (non-hydrogen) atoms. The first-order valence-corrected chi connectivity index (χ1v) is 7.89. The van der Waals surface area contributed by atoms with Gasteiger partial charge in [-0.1, -0.05) is 6.42 Å². The van der Waals surface area contributed by atoms with E-state index in [1.54, 1.807) is 0 Å². The first kappa shape index (κ1) is 13.4. The number of hydrogen-bond acceptors (Lipinski definition) is 3. The highest BCUT2D eigenvalue weighted by atomic mass is 16.2. The van der Waals surface area contributed by atoms with Crippen molar-refractivity contribution in [1.29, 1.82) is 0 Å². The Balaban J connectivity index is 1.41. The van der Waals surface area contributed by atoms with Crippen molar-refractivity contribution in [2.45, 2.75) is 38.1 Å². The molecular formula is C15H26N3O. The fourth-order valence-electron chi connectivity index (χ4n) is 3.34. The van der Waals surface area contributed by atoms with Crippen LogP contribution in [0.25, 0.3) is 0 Å². The maximum Gasteiger partial charge on any atom is 0.236 e. The Hall–Kier alpha value is -0.610. The van der Waals surface area contributed by atoms with Gasteiger partial charge in [0, 0.05) is 32.2 Å². The van der Waals surface area contributed by atoms with Gasteiger partial charge in [-0.15, -0.1) is 0 Å². The van der Waals surface area contributed by atoms with Gasteiger partial charge >= 0.3 is 0 Å². The molecule has 0 aromatic rings.